The first-order valence-electron chi connectivity index (χ1n) is 6.60. The molecule has 2 heterocycles. The molecular formula is C18H10S2. The Morgan fingerprint density at radius 2 is 1.00 bits per heavy atom. The summed E-state index contributed by atoms with van der Waals surface area (Å²) >= 11 is 3.63. The van der Waals surface area contributed by atoms with Gasteiger partial charge in [0.1, 0.15) is 0 Å². The van der Waals surface area contributed by atoms with Gasteiger partial charge in [-0.25, -0.2) is 0 Å². The maximum atomic E-state index is 2.34. The fourth-order valence-corrected chi connectivity index (χ4v) is 4.66. The highest BCUT2D eigenvalue weighted by atomic mass is 32.1. The lowest BCUT2D eigenvalue weighted by molar-refractivity contribution is 1.89. The first-order valence-corrected chi connectivity index (χ1v) is 8.36. The van der Waals surface area contributed by atoms with Crippen LogP contribution in [0.15, 0.2) is 59.3 Å². The molecule has 0 bridgehead atoms. The summed E-state index contributed by atoms with van der Waals surface area (Å²) in [4.78, 5) is 0. The van der Waals surface area contributed by atoms with Gasteiger partial charge in [-0.15, -0.1) is 22.7 Å². The predicted octanol–water partition coefficient (Wildman–Crippen LogP) is 6.42. The van der Waals surface area contributed by atoms with Gasteiger partial charge < -0.3 is 0 Å². The van der Waals surface area contributed by atoms with Gasteiger partial charge in [-0.2, -0.15) is 0 Å². The lowest BCUT2D eigenvalue weighted by Crippen LogP contribution is -1.78. The second kappa shape index (κ2) is 3.81. The number of fused-ring (bicyclic) bond motifs is 6. The first-order chi connectivity index (χ1) is 9.90. The normalized spacial score (nSPS) is 12.0. The number of rotatable bonds is 0. The van der Waals surface area contributed by atoms with E-state index < -0.39 is 0 Å². The lowest BCUT2D eigenvalue weighted by Gasteiger charge is -2.05. The van der Waals surface area contributed by atoms with Crippen LogP contribution in [0.1, 0.15) is 0 Å². The maximum Gasteiger partial charge on any atom is 0.0349 e. The molecule has 94 valence electrons. The fraction of sp³-hybridized carbons (Fsp3) is 0. The van der Waals surface area contributed by atoms with Crippen molar-refractivity contribution in [2.75, 3.05) is 0 Å². The monoisotopic (exact) mass is 290 g/mol. The van der Waals surface area contributed by atoms with Gasteiger partial charge in [0.15, 0.2) is 0 Å². The highest BCUT2D eigenvalue weighted by Gasteiger charge is 2.06. The van der Waals surface area contributed by atoms with Crippen molar-refractivity contribution in [2.24, 2.45) is 0 Å². The minimum absolute atomic E-state index is 1.34. The SMILES string of the molecule is c1cc2c(ccc3cc4c(ccc5sccc54)cc32)s1. The summed E-state index contributed by atoms with van der Waals surface area (Å²) in [5.41, 5.74) is 0. The first kappa shape index (κ1) is 10.8. The molecule has 5 rings (SSSR count). The van der Waals surface area contributed by atoms with Crippen molar-refractivity contribution in [3.8, 4) is 0 Å². The Balaban J connectivity index is 2.07. The number of thiophene rings is 2. The van der Waals surface area contributed by atoms with Gasteiger partial charge in [-0.3, -0.25) is 0 Å². The smallest absolute Gasteiger partial charge is 0.0349 e. The van der Waals surface area contributed by atoms with E-state index in [4.69, 9.17) is 0 Å². The zero-order valence-electron chi connectivity index (χ0n) is 10.6. The van der Waals surface area contributed by atoms with Gasteiger partial charge >= 0.3 is 0 Å². The van der Waals surface area contributed by atoms with Gasteiger partial charge in [-0.1, -0.05) is 12.1 Å². The van der Waals surface area contributed by atoms with E-state index in [1.165, 1.54) is 41.7 Å². The van der Waals surface area contributed by atoms with E-state index in [1.54, 1.807) is 0 Å². The van der Waals surface area contributed by atoms with Crippen LogP contribution in [0, 0.1) is 0 Å². The lowest BCUT2D eigenvalue weighted by atomic mass is 9.99. The van der Waals surface area contributed by atoms with Crippen molar-refractivity contribution < 1.29 is 0 Å². The van der Waals surface area contributed by atoms with Crippen LogP contribution in [0.2, 0.25) is 0 Å². The third-order valence-electron chi connectivity index (χ3n) is 4.02. The van der Waals surface area contributed by atoms with Crippen LogP contribution >= 0.6 is 22.7 Å². The van der Waals surface area contributed by atoms with E-state index >= 15 is 0 Å². The van der Waals surface area contributed by atoms with Gasteiger partial charge in [-0.05, 0) is 68.7 Å². The summed E-state index contributed by atoms with van der Waals surface area (Å²) in [6, 6.07) is 18.1. The molecule has 2 heteroatoms. The van der Waals surface area contributed by atoms with Crippen LogP contribution < -0.4 is 0 Å². The van der Waals surface area contributed by atoms with Crippen molar-refractivity contribution in [3.63, 3.8) is 0 Å². The molecule has 0 amide bonds. The molecule has 0 N–H and O–H groups in total. The Morgan fingerprint density at radius 1 is 0.500 bits per heavy atom. The Kier molecular flexibility index (Phi) is 2.07. The zero-order valence-corrected chi connectivity index (χ0v) is 12.2. The molecule has 0 nitrogen and oxygen atoms in total. The fourth-order valence-electron chi connectivity index (χ4n) is 3.05. The summed E-state index contributed by atoms with van der Waals surface area (Å²) in [5, 5.41) is 12.5. The molecule has 5 aromatic rings. The Morgan fingerprint density at radius 3 is 1.50 bits per heavy atom. The molecule has 0 aliphatic heterocycles. The van der Waals surface area contributed by atoms with E-state index in [1.807, 2.05) is 22.7 Å². The highest BCUT2D eigenvalue weighted by molar-refractivity contribution is 7.17. The average Bonchev–Trinajstić information content (AvgIpc) is 3.13. The van der Waals surface area contributed by atoms with E-state index in [0.29, 0.717) is 0 Å². The number of hydrogen-bond donors (Lipinski definition) is 0. The van der Waals surface area contributed by atoms with Gasteiger partial charge in [0.05, 0.1) is 0 Å². The van der Waals surface area contributed by atoms with Crippen LogP contribution in [-0.4, -0.2) is 0 Å². The van der Waals surface area contributed by atoms with Gasteiger partial charge in [0.25, 0.3) is 0 Å². The van der Waals surface area contributed by atoms with Crippen LogP contribution in [0.3, 0.4) is 0 Å². The third kappa shape index (κ3) is 1.35. The Bertz CT molecular complexity index is 1010. The third-order valence-corrected chi connectivity index (χ3v) is 5.79. The molecule has 0 aliphatic carbocycles. The number of benzene rings is 3. The average molecular weight is 290 g/mol. The highest BCUT2D eigenvalue weighted by Crippen LogP contribution is 2.35. The molecule has 2 aromatic heterocycles. The molecule has 3 aromatic carbocycles. The second-order valence-corrected chi connectivity index (χ2v) is 6.99. The van der Waals surface area contributed by atoms with Crippen LogP contribution in [0.5, 0.6) is 0 Å². The van der Waals surface area contributed by atoms with Crippen molar-refractivity contribution >= 4 is 64.4 Å². The summed E-state index contributed by atoms with van der Waals surface area (Å²) in [5.74, 6) is 0. The van der Waals surface area contributed by atoms with Gasteiger partial charge in [0, 0.05) is 20.2 Å². The van der Waals surface area contributed by atoms with E-state index in [0.717, 1.165) is 0 Å². The molecule has 0 atom stereocenters. The molecule has 0 fully saturated rings. The molecule has 0 radical (unpaired) electrons. The standard InChI is InChI=1S/C18H10S2/c1-3-17-13(5-7-19-17)15-10-12-2-4-18-14(6-8-20-18)16(12)9-11(1)15/h1-10H. The molecule has 0 spiro atoms. The summed E-state index contributed by atoms with van der Waals surface area (Å²) in [6.45, 7) is 0. The number of hydrogen-bond acceptors (Lipinski definition) is 2. The van der Waals surface area contributed by atoms with Crippen molar-refractivity contribution in [1.29, 1.82) is 0 Å². The minimum atomic E-state index is 1.34. The van der Waals surface area contributed by atoms with Crippen molar-refractivity contribution in [2.45, 2.75) is 0 Å². The second-order valence-electron chi connectivity index (χ2n) is 5.09. The van der Waals surface area contributed by atoms with Crippen LogP contribution in [0.4, 0.5) is 0 Å². The quantitative estimate of drug-likeness (QED) is 0.289. The Hall–Kier alpha value is -1.90. The minimum Gasteiger partial charge on any atom is -0.144 e. The molecule has 20 heavy (non-hydrogen) atoms. The maximum absolute atomic E-state index is 2.34. The van der Waals surface area contributed by atoms with Crippen LogP contribution in [-0.2, 0) is 0 Å². The van der Waals surface area contributed by atoms with Gasteiger partial charge in [0.2, 0.25) is 0 Å². The Labute approximate surface area is 123 Å². The largest absolute Gasteiger partial charge is 0.144 e. The predicted molar refractivity (Wildman–Crippen MR) is 92.2 cm³/mol. The van der Waals surface area contributed by atoms with Crippen molar-refractivity contribution in [3.05, 3.63) is 59.3 Å². The molecule has 0 aliphatic rings. The van der Waals surface area contributed by atoms with E-state index in [-0.39, 0.29) is 0 Å². The van der Waals surface area contributed by atoms with Crippen molar-refractivity contribution in [1.82, 2.24) is 0 Å². The topological polar surface area (TPSA) is 0 Å². The van der Waals surface area contributed by atoms with E-state index in [2.05, 4.69) is 59.3 Å². The van der Waals surface area contributed by atoms with E-state index in [9.17, 15) is 0 Å². The molecule has 0 saturated carbocycles. The molecule has 0 unspecified atom stereocenters. The van der Waals surface area contributed by atoms with Crippen LogP contribution in [0.25, 0.3) is 41.7 Å². The molecule has 0 saturated heterocycles. The summed E-state index contributed by atoms with van der Waals surface area (Å²) in [7, 11) is 0. The summed E-state index contributed by atoms with van der Waals surface area (Å²) < 4.78 is 2.74. The zero-order chi connectivity index (χ0) is 13.1. The molecular weight excluding hydrogens is 280 g/mol. The summed E-state index contributed by atoms with van der Waals surface area (Å²) in [6.07, 6.45) is 0.